The molecule has 0 aliphatic carbocycles. The number of urea groups is 1. The van der Waals surface area contributed by atoms with E-state index in [9.17, 15) is 14.3 Å². The summed E-state index contributed by atoms with van der Waals surface area (Å²) in [6, 6.07) is 8.24. The summed E-state index contributed by atoms with van der Waals surface area (Å²) in [5.41, 5.74) is 0.367. The number of carbonyl (C=O) groups is 1. The van der Waals surface area contributed by atoms with E-state index in [1.165, 1.54) is 24.5 Å². The van der Waals surface area contributed by atoms with E-state index in [4.69, 9.17) is 4.42 Å². The molecular weight excluding hydrogens is 275 g/mol. The SMILES string of the molecule is CC(CC(O)c1ccco1)NC(=O)Nc1cccc(F)c1. The minimum absolute atomic E-state index is 0.279. The molecule has 0 aliphatic heterocycles. The van der Waals surface area contributed by atoms with E-state index >= 15 is 0 Å². The number of halogens is 1. The zero-order valence-electron chi connectivity index (χ0n) is 11.5. The summed E-state index contributed by atoms with van der Waals surface area (Å²) < 4.78 is 18.1. The van der Waals surface area contributed by atoms with Gasteiger partial charge in [0.25, 0.3) is 0 Å². The highest BCUT2D eigenvalue weighted by Crippen LogP contribution is 2.18. The average molecular weight is 292 g/mol. The monoisotopic (exact) mass is 292 g/mol. The van der Waals surface area contributed by atoms with Gasteiger partial charge in [0, 0.05) is 18.2 Å². The molecule has 0 fully saturated rings. The maximum absolute atomic E-state index is 13.0. The molecule has 2 atom stereocenters. The van der Waals surface area contributed by atoms with Crippen LogP contribution < -0.4 is 10.6 Å². The number of rotatable bonds is 5. The molecule has 1 aromatic heterocycles. The quantitative estimate of drug-likeness (QED) is 0.793. The second-order valence-corrected chi connectivity index (χ2v) is 4.78. The van der Waals surface area contributed by atoms with Crippen molar-refractivity contribution in [1.82, 2.24) is 5.32 Å². The molecule has 0 spiro atoms. The number of benzene rings is 1. The number of hydrogen-bond donors (Lipinski definition) is 3. The second kappa shape index (κ2) is 6.90. The van der Waals surface area contributed by atoms with Gasteiger partial charge in [-0.25, -0.2) is 9.18 Å². The summed E-state index contributed by atoms with van der Waals surface area (Å²) in [6.45, 7) is 1.76. The highest BCUT2D eigenvalue weighted by atomic mass is 19.1. The summed E-state index contributed by atoms with van der Waals surface area (Å²) >= 11 is 0. The van der Waals surface area contributed by atoms with Crippen molar-refractivity contribution in [2.45, 2.75) is 25.5 Å². The van der Waals surface area contributed by atoms with Gasteiger partial charge in [0.05, 0.1) is 6.26 Å². The van der Waals surface area contributed by atoms with Crippen LogP contribution in [-0.4, -0.2) is 17.2 Å². The summed E-state index contributed by atoms with van der Waals surface area (Å²) in [7, 11) is 0. The third kappa shape index (κ3) is 4.61. The molecule has 0 aliphatic rings. The van der Waals surface area contributed by atoms with Crippen molar-refractivity contribution in [3.05, 3.63) is 54.2 Å². The van der Waals surface area contributed by atoms with E-state index in [-0.39, 0.29) is 6.04 Å². The number of hydrogen-bond acceptors (Lipinski definition) is 3. The smallest absolute Gasteiger partial charge is 0.319 e. The Hall–Kier alpha value is -2.34. The number of aliphatic hydroxyl groups is 1. The van der Waals surface area contributed by atoms with Crippen molar-refractivity contribution in [2.24, 2.45) is 0 Å². The fourth-order valence-corrected chi connectivity index (χ4v) is 1.95. The first-order chi connectivity index (χ1) is 10.0. The second-order valence-electron chi connectivity index (χ2n) is 4.78. The number of anilines is 1. The van der Waals surface area contributed by atoms with Crippen molar-refractivity contribution in [3.63, 3.8) is 0 Å². The van der Waals surface area contributed by atoms with E-state index in [0.29, 0.717) is 17.9 Å². The van der Waals surface area contributed by atoms with Crippen molar-refractivity contribution >= 4 is 11.7 Å². The predicted molar refractivity (Wildman–Crippen MR) is 76.3 cm³/mol. The molecular formula is C15H17FN2O3. The fourth-order valence-electron chi connectivity index (χ4n) is 1.95. The lowest BCUT2D eigenvalue weighted by molar-refractivity contribution is 0.130. The Balaban J connectivity index is 1.82. The Morgan fingerprint density at radius 2 is 2.19 bits per heavy atom. The molecule has 6 heteroatoms. The van der Waals surface area contributed by atoms with Gasteiger partial charge in [0.2, 0.25) is 0 Å². The highest BCUT2D eigenvalue weighted by molar-refractivity contribution is 5.89. The number of carbonyl (C=O) groups excluding carboxylic acids is 1. The Bertz CT molecular complexity index is 586. The van der Waals surface area contributed by atoms with Crippen LogP contribution in [0.4, 0.5) is 14.9 Å². The lowest BCUT2D eigenvalue weighted by Gasteiger charge is -2.17. The van der Waals surface area contributed by atoms with Crippen molar-refractivity contribution < 1.29 is 18.7 Å². The van der Waals surface area contributed by atoms with Crippen LogP contribution in [0.2, 0.25) is 0 Å². The maximum Gasteiger partial charge on any atom is 0.319 e. The molecule has 21 heavy (non-hydrogen) atoms. The first-order valence-electron chi connectivity index (χ1n) is 6.59. The van der Waals surface area contributed by atoms with E-state index in [2.05, 4.69) is 10.6 Å². The highest BCUT2D eigenvalue weighted by Gasteiger charge is 2.16. The molecule has 0 saturated carbocycles. The molecule has 2 amide bonds. The topological polar surface area (TPSA) is 74.5 Å². The van der Waals surface area contributed by atoms with Crippen LogP contribution in [0.1, 0.15) is 25.2 Å². The van der Waals surface area contributed by atoms with Crippen molar-refractivity contribution in [3.8, 4) is 0 Å². The fraction of sp³-hybridized carbons (Fsp3) is 0.267. The zero-order chi connectivity index (χ0) is 15.2. The van der Waals surface area contributed by atoms with E-state index in [0.717, 1.165) is 0 Å². The van der Waals surface area contributed by atoms with Crippen LogP contribution in [0, 0.1) is 5.82 Å². The summed E-state index contributed by atoms with van der Waals surface area (Å²) in [6.07, 6.45) is 1.00. The minimum Gasteiger partial charge on any atom is -0.467 e. The van der Waals surface area contributed by atoms with Crippen LogP contribution >= 0.6 is 0 Å². The largest absolute Gasteiger partial charge is 0.467 e. The molecule has 1 heterocycles. The third-order valence-electron chi connectivity index (χ3n) is 2.91. The normalized spacial score (nSPS) is 13.5. The molecule has 5 nitrogen and oxygen atoms in total. The Kier molecular flexibility index (Phi) is 4.94. The third-order valence-corrected chi connectivity index (χ3v) is 2.91. The van der Waals surface area contributed by atoms with Crippen LogP contribution in [0.5, 0.6) is 0 Å². The van der Waals surface area contributed by atoms with Gasteiger partial charge in [-0.1, -0.05) is 6.07 Å². The molecule has 0 bridgehead atoms. The van der Waals surface area contributed by atoms with Crippen LogP contribution in [0.25, 0.3) is 0 Å². The van der Waals surface area contributed by atoms with E-state index in [1.54, 1.807) is 25.1 Å². The number of amides is 2. The van der Waals surface area contributed by atoms with Crippen molar-refractivity contribution in [1.29, 1.82) is 0 Å². The van der Waals surface area contributed by atoms with E-state index in [1.807, 2.05) is 0 Å². The zero-order valence-corrected chi connectivity index (χ0v) is 11.5. The maximum atomic E-state index is 13.0. The summed E-state index contributed by atoms with van der Waals surface area (Å²) in [5.74, 6) is 0.0308. The first kappa shape index (κ1) is 15.1. The minimum atomic E-state index is -0.788. The lowest BCUT2D eigenvalue weighted by atomic mass is 10.1. The summed E-state index contributed by atoms with van der Waals surface area (Å²) in [4.78, 5) is 11.8. The first-order valence-corrected chi connectivity index (χ1v) is 6.59. The Morgan fingerprint density at radius 3 is 2.86 bits per heavy atom. The molecule has 112 valence electrons. The molecule has 3 N–H and O–H groups in total. The van der Waals surface area contributed by atoms with Gasteiger partial charge in [0.1, 0.15) is 17.7 Å². The van der Waals surface area contributed by atoms with Crippen LogP contribution in [0.15, 0.2) is 47.1 Å². The number of furan rings is 1. The number of nitrogens with one attached hydrogen (secondary N) is 2. The van der Waals surface area contributed by atoms with Gasteiger partial charge in [-0.2, -0.15) is 0 Å². The van der Waals surface area contributed by atoms with Gasteiger partial charge >= 0.3 is 6.03 Å². The number of aliphatic hydroxyl groups excluding tert-OH is 1. The van der Waals surface area contributed by atoms with Gasteiger partial charge < -0.3 is 20.2 Å². The molecule has 1 aromatic carbocycles. The summed E-state index contributed by atoms with van der Waals surface area (Å²) in [5, 5.41) is 15.1. The standard InChI is InChI=1S/C15H17FN2O3/c1-10(8-13(19)14-6-3-7-21-14)17-15(20)18-12-5-2-4-11(16)9-12/h2-7,9-10,13,19H,8H2,1H3,(H2,17,18,20). The molecule has 0 radical (unpaired) electrons. The van der Waals surface area contributed by atoms with Gasteiger partial charge in [-0.3, -0.25) is 0 Å². The Morgan fingerprint density at radius 1 is 1.38 bits per heavy atom. The van der Waals surface area contributed by atoms with Crippen LogP contribution in [0.3, 0.4) is 0 Å². The van der Waals surface area contributed by atoms with Gasteiger partial charge in [-0.15, -0.1) is 0 Å². The predicted octanol–water partition coefficient (Wildman–Crippen LogP) is 3.05. The molecule has 0 saturated heterocycles. The van der Waals surface area contributed by atoms with Gasteiger partial charge in [-0.05, 0) is 37.3 Å². The van der Waals surface area contributed by atoms with Gasteiger partial charge in [0.15, 0.2) is 0 Å². The molecule has 2 unspecified atom stereocenters. The molecule has 2 rings (SSSR count). The van der Waals surface area contributed by atoms with E-state index < -0.39 is 18.0 Å². The Labute approximate surface area is 121 Å². The average Bonchev–Trinajstić information content (AvgIpc) is 2.91. The lowest BCUT2D eigenvalue weighted by Crippen LogP contribution is -2.37. The molecule has 2 aromatic rings. The van der Waals surface area contributed by atoms with Crippen LogP contribution in [-0.2, 0) is 0 Å². The van der Waals surface area contributed by atoms with Crippen molar-refractivity contribution in [2.75, 3.05) is 5.32 Å².